The van der Waals surface area contributed by atoms with E-state index in [1.165, 1.54) is 24.1 Å². The van der Waals surface area contributed by atoms with Gasteiger partial charge in [0.05, 0.1) is 19.5 Å². The topological polar surface area (TPSA) is 173 Å². The predicted molar refractivity (Wildman–Crippen MR) is 148 cm³/mol. The third kappa shape index (κ3) is 6.73. The van der Waals surface area contributed by atoms with E-state index in [4.69, 9.17) is 35.9 Å². The maximum Gasteiger partial charge on any atom is 0.459 e. The molecule has 1 aliphatic rings. The zero-order chi connectivity index (χ0) is 29.3. The molecule has 0 unspecified atom stereocenters. The first-order valence-corrected chi connectivity index (χ1v) is 14.5. The van der Waals surface area contributed by atoms with E-state index in [0.29, 0.717) is 11.2 Å². The highest BCUT2D eigenvalue weighted by molar-refractivity contribution is 7.52. The number of hydrogen-bond donors (Lipinski definition) is 3. The number of hydrogen-bond acceptors (Lipinski definition) is 11. The van der Waals surface area contributed by atoms with Crippen molar-refractivity contribution in [3.63, 3.8) is 0 Å². The van der Waals surface area contributed by atoms with Crippen LogP contribution in [0.15, 0.2) is 43.0 Å². The monoisotopic (exact) mass is 596 g/mol. The van der Waals surface area contributed by atoms with Gasteiger partial charge >= 0.3 is 13.7 Å². The van der Waals surface area contributed by atoms with Crippen molar-refractivity contribution >= 4 is 42.3 Å². The first-order chi connectivity index (χ1) is 18.7. The van der Waals surface area contributed by atoms with Crippen molar-refractivity contribution in [1.29, 1.82) is 0 Å². The van der Waals surface area contributed by atoms with E-state index in [0.717, 1.165) is 0 Å². The smallest absolute Gasteiger partial charge is 0.459 e. The van der Waals surface area contributed by atoms with Gasteiger partial charge in [-0.3, -0.25) is 13.9 Å². The Bertz CT molecular complexity index is 1380. The Labute approximate surface area is 236 Å². The lowest BCUT2D eigenvalue weighted by Crippen LogP contribution is -2.40. The molecule has 1 saturated heterocycles. The molecule has 0 radical (unpaired) electrons. The average Bonchev–Trinajstić information content (AvgIpc) is 3.40. The Morgan fingerprint density at radius 2 is 2.00 bits per heavy atom. The van der Waals surface area contributed by atoms with Crippen LogP contribution in [0.1, 0.15) is 40.8 Å². The standard InChI is InChI=1S/C25H34ClN6O7P/c1-15(22(34)36-12-24(2,3)4)31-40(35,39-16-9-7-6-8-10-16)37-11-17-19(33)25(5,26)23(38-17)32-14-30-18-20(27)28-13-29-21(18)32/h6-10,13-15,17,19,23,33H,11-12H2,1-5H3,(H,31,35)(H2,27,28,29)/t15-,17-,19-,23-,25-,40+/m1/s1. The minimum absolute atomic E-state index is 0.167. The number of nitrogen functional groups attached to an aromatic ring is 1. The lowest BCUT2D eigenvalue weighted by atomic mass is 9.99. The Balaban J connectivity index is 1.51. The van der Waals surface area contributed by atoms with Crippen molar-refractivity contribution in [2.24, 2.45) is 5.41 Å². The summed E-state index contributed by atoms with van der Waals surface area (Å²) in [5, 5.41) is 13.7. The van der Waals surface area contributed by atoms with Crippen LogP contribution in [0.2, 0.25) is 0 Å². The molecule has 4 rings (SSSR count). The number of carbonyl (C=O) groups excluding carboxylic acids is 1. The summed E-state index contributed by atoms with van der Waals surface area (Å²) in [6.07, 6.45) is -0.529. The minimum Gasteiger partial charge on any atom is -0.464 e. The lowest BCUT2D eigenvalue weighted by molar-refractivity contribution is -0.148. The fourth-order valence-electron chi connectivity index (χ4n) is 3.98. The van der Waals surface area contributed by atoms with Gasteiger partial charge in [0.2, 0.25) is 0 Å². The number of carbonyl (C=O) groups is 1. The molecule has 0 spiro atoms. The molecular formula is C25H34ClN6O7P. The second kappa shape index (κ2) is 11.6. The minimum atomic E-state index is -4.20. The molecule has 0 amide bonds. The molecule has 4 N–H and O–H groups in total. The SMILES string of the molecule is C[C@@H](N[P@](=O)(OC[C@H]1O[C@@H](n2cnc3c(N)ncnc32)[C@](C)(Cl)[C@@H]1O)Oc1ccccc1)C(=O)OCC(C)(C)C. The van der Waals surface area contributed by atoms with Crippen LogP contribution in [0.4, 0.5) is 5.82 Å². The number of anilines is 1. The maximum absolute atomic E-state index is 13.9. The number of esters is 1. The van der Waals surface area contributed by atoms with Crippen LogP contribution >= 0.6 is 19.3 Å². The summed E-state index contributed by atoms with van der Waals surface area (Å²) in [6.45, 7) is 8.61. The number of rotatable bonds is 10. The Hall–Kier alpha value is -2.80. The average molecular weight is 597 g/mol. The first-order valence-electron chi connectivity index (χ1n) is 12.6. The molecular weight excluding hydrogens is 563 g/mol. The summed E-state index contributed by atoms with van der Waals surface area (Å²) in [6, 6.07) is 7.29. The van der Waals surface area contributed by atoms with Crippen LogP contribution in [-0.4, -0.2) is 66.9 Å². The Kier molecular flexibility index (Phi) is 8.74. The van der Waals surface area contributed by atoms with E-state index in [9.17, 15) is 14.5 Å². The zero-order valence-corrected chi connectivity index (χ0v) is 24.5. The number of benzene rings is 1. The number of nitrogens with zero attached hydrogens (tertiary/aromatic N) is 4. The Morgan fingerprint density at radius 1 is 1.30 bits per heavy atom. The van der Waals surface area contributed by atoms with E-state index in [-0.39, 0.29) is 23.6 Å². The first kappa shape index (κ1) is 30.2. The number of para-hydroxylation sites is 1. The zero-order valence-electron chi connectivity index (χ0n) is 22.9. The molecule has 2 aromatic heterocycles. The lowest BCUT2D eigenvalue weighted by Gasteiger charge is -2.26. The molecule has 1 aliphatic heterocycles. The number of ether oxygens (including phenoxy) is 2. The molecule has 15 heteroatoms. The molecule has 13 nitrogen and oxygen atoms in total. The highest BCUT2D eigenvalue weighted by atomic mass is 35.5. The molecule has 0 saturated carbocycles. The van der Waals surface area contributed by atoms with Gasteiger partial charge in [-0.15, -0.1) is 11.6 Å². The fourth-order valence-corrected chi connectivity index (χ4v) is 5.78. The molecule has 218 valence electrons. The summed E-state index contributed by atoms with van der Waals surface area (Å²) in [5.74, 6) is -0.211. The van der Waals surface area contributed by atoms with Crippen LogP contribution in [0, 0.1) is 5.41 Å². The van der Waals surface area contributed by atoms with Crippen LogP contribution in [0.3, 0.4) is 0 Å². The van der Waals surface area contributed by atoms with Gasteiger partial charge in [-0.2, -0.15) is 5.09 Å². The van der Waals surface area contributed by atoms with E-state index >= 15 is 0 Å². The maximum atomic E-state index is 13.9. The van der Waals surface area contributed by atoms with Crippen LogP contribution in [0.25, 0.3) is 11.2 Å². The quantitative estimate of drug-likeness (QED) is 0.177. The highest BCUT2D eigenvalue weighted by Crippen LogP contribution is 2.48. The summed E-state index contributed by atoms with van der Waals surface area (Å²) in [5.41, 5.74) is 6.35. The molecule has 3 heterocycles. The van der Waals surface area contributed by atoms with Crippen molar-refractivity contribution in [3.8, 4) is 5.75 Å². The van der Waals surface area contributed by atoms with Gasteiger partial charge in [0, 0.05) is 0 Å². The molecule has 3 aromatic rings. The number of aliphatic hydroxyl groups excluding tert-OH is 1. The fraction of sp³-hybridized carbons (Fsp3) is 0.520. The van der Waals surface area contributed by atoms with E-state index in [1.54, 1.807) is 37.3 Å². The van der Waals surface area contributed by atoms with Crippen molar-refractivity contribution in [2.45, 2.75) is 64.0 Å². The van der Waals surface area contributed by atoms with Gasteiger partial charge in [-0.1, -0.05) is 39.0 Å². The number of alkyl halides is 1. The van der Waals surface area contributed by atoms with E-state index in [1.807, 2.05) is 20.8 Å². The van der Waals surface area contributed by atoms with Crippen LogP contribution in [0.5, 0.6) is 5.75 Å². The largest absolute Gasteiger partial charge is 0.464 e. The normalized spacial score (nSPS) is 25.4. The second-order valence-corrected chi connectivity index (χ2v) is 13.4. The molecule has 6 atom stereocenters. The van der Waals surface area contributed by atoms with E-state index < -0.39 is 49.7 Å². The van der Waals surface area contributed by atoms with Crippen molar-refractivity contribution in [2.75, 3.05) is 18.9 Å². The second-order valence-electron chi connectivity index (χ2n) is 10.9. The van der Waals surface area contributed by atoms with Crippen molar-refractivity contribution < 1.29 is 33.0 Å². The number of nitrogens with one attached hydrogen (secondary N) is 1. The number of nitrogens with two attached hydrogens (primary N) is 1. The van der Waals surface area contributed by atoms with Crippen LogP contribution in [-0.2, 0) is 23.4 Å². The predicted octanol–water partition coefficient (Wildman–Crippen LogP) is 3.44. The molecule has 40 heavy (non-hydrogen) atoms. The van der Waals surface area contributed by atoms with Gasteiger partial charge < -0.3 is 24.8 Å². The van der Waals surface area contributed by atoms with Gasteiger partial charge in [-0.25, -0.2) is 19.5 Å². The number of aromatic nitrogens is 4. The summed E-state index contributed by atoms with van der Waals surface area (Å²) < 4.78 is 38.2. The highest BCUT2D eigenvalue weighted by Gasteiger charge is 2.54. The third-order valence-electron chi connectivity index (χ3n) is 6.09. The summed E-state index contributed by atoms with van der Waals surface area (Å²) in [4.78, 5) is 23.6. The summed E-state index contributed by atoms with van der Waals surface area (Å²) >= 11 is 6.76. The van der Waals surface area contributed by atoms with Crippen LogP contribution < -0.4 is 15.3 Å². The molecule has 0 aliphatic carbocycles. The van der Waals surface area contributed by atoms with Gasteiger partial charge in [-0.05, 0) is 31.4 Å². The number of fused-ring (bicyclic) bond motifs is 1. The third-order valence-corrected chi connectivity index (χ3v) is 8.14. The summed E-state index contributed by atoms with van der Waals surface area (Å²) in [7, 11) is -4.20. The van der Waals surface area contributed by atoms with Gasteiger partial charge in [0.1, 0.15) is 40.7 Å². The van der Waals surface area contributed by atoms with Gasteiger partial charge in [0.25, 0.3) is 0 Å². The number of imidazole rings is 1. The van der Waals surface area contributed by atoms with Crippen molar-refractivity contribution in [3.05, 3.63) is 43.0 Å². The molecule has 1 aromatic carbocycles. The number of halogens is 1. The number of aliphatic hydroxyl groups is 1. The van der Waals surface area contributed by atoms with E-state index in [2.05, 4.69) is 20.0 Å². The van der Waals surface area contributed by atoms with Gasteiger partial charge in [0.15, 0.2) is 17.7 Å². The van der Waals surface area contributed by atoms with Crippen molar-refractivity contribution in [1.82, 2.24) is 24.6 Å². The molecule has 0 bridgehead atoms. The Morgan fingerprint density at radius 3 is 2.67 bits per heavy atom. The molecule has 1 fully saturated rings.